The van der Waals surface area contributed by atoms with Crippen molar-refractivity contribution in [2.75, 3.05) is 60.3 Å². The molecule has 2 aromatic rings. The molecule has 7 N–H and O–H groups in total. The zero-order valence-corrected chi connectivity index (χ0v) is 24.9. The minimum absolute atomic E-state index is 0.0902. The second-order valence-corrected chi connectivity index (χ2v) is 11.2. The third-order valence-electron chi connectivity index (χ3n) is 8.57. The van der Waals surface area contributed by atoms with Crippen LogP contribution >= 0.6 is 0 Å². The average molecular weight is 601 g/mol. The fourth-order valence-corrected chi connectivity index (χ4v) is 6.43. The number of benzene rings is 2. The summed E-state index contributed by atoms with van der Waals surface area (Å²) in [4.78, 5) is 13.2. The molecule has 1 amide bonds. The summed E-state index contributed by atoms with van der Waals surface area (Å²) in [6.07, 6.45) is 2.34. The summed E-state index contributed by atoms with van der Waals surface area (Å²) < 4.78 is 28.1. The third-order valence-corrected chi connectivity index (χ3v) is 8.57. The molecule has 1 aliphatic carbocycles. The van der Waals surface area contributed by atoms with E-state index >= 15 is 0 Å². The second kappa shape index (κ2) is 14.5. The number of aromatic hydroxyl groups is 1. The van der Waals surface area contributed by atoms with Gasteiger partial charge < -0.3 is 55.6 Å². The van der Waals surface area contributed by atoms with Gasteiger partial charge in [-0.15, -0.1) is 0 Å². The summed E-state index contributed by atoms with van der Waals surface area (Å²) in [5, 5.41) is 31.7. The highest BCUT2D eigenvalue weighted by Gasteiger charge is 2.52. The Bertz CT molecular complexity index is 1240. The van der Waals surface area contributed by atoms with Crippen LogP contribution in [-0.2, 0) is 9.53 Å². The van der Waals surface area contributed by atoms with E-state index in [4.69, 9.17) is 29.4 Å². The summed E-state index contributed by atoms with van der Waals surface area (Å²) in [6, 6.07) is 6.93. The molecule has 2 heterocycles. The number of nitrogens with one attached hydrogen (secondary N) is 3. The smallest absolute Gasteiger partial charge is 0.231 e. The Labute approximate surface area is 252 Å². The Kier molecular flexibility index (Phi) is 10.5. The minimum Gasteiger partial charge on any atom is -0.502 e. The highest BCUT2D eigenvalue weighted by molar-refractivity contribution is 5.77. The van der Waals surface area contributed by atoms with E-state index in [2.05, 4.69) is 16.0 Å². The van der Waals surface area contributed by atoms with E-state index in [1.807, 2.05) is 12.1 Å². The molecule has 0 saturated carbocycles. The fraction of sp³-hybridized carbons (Fsp3) is 0.581. The normalized spacial score (nSPS) is 23.5. The number of phenols is 1. The lowest BCUT2D eigenvalue weighted by Crippen LogP contribution is -2.44. The van der Waals surface area contributed by atoms with Crippen LogP contribution in [0.5, 0.6) is 28.7 Å². The number of hydrogen-bond acceptors (Lipinski definition) is 11. The number of phenolic OH excluding ortho intramolecular Hbond substituents is 1. The van der Waals surface area contributed by atoms with Gasteiger partial charge in [-0.2, -0.15) is 0 Å². The first-order valence-corrected chi connectivity index (χ1v) is 15.1. The monoisotopic (exact) mass is 600 g/mol. The first-order valence-electron chi connectivity index (χ1n) is 15.1. The molecule has 43 heavy (non-hydrogen) atoms. The van der Waals surface area contributed by atoms with Crippen molar-refractivity contribution >= 4 is 5.91 Å². The summed E-state index contributed by atoms with van der Waals surface area (Å²) in [6.45, 7) is 4.36. The molecule has 2 aromatic carbocycles. The van der Waals surface area contributed by atoms with Crippen LogP contribution < -0.4 is 40.6 Å². The van der Waals surface area contributed by atoms with E-state index < -0.39 is 18.2 Å². The Morgan fingerprint density at radius 2 is 1.60 bits per heavy atom. The van der Waals surface area contributed by atoms with Gasteiger partial charge in [-0.1, -0.05) is 0 Å². The topological polar surface area (TPSA) is 166 Å². The zero-order valence-electron chi connectivity index (χ0n) is 24.9. The standard InChI is InChI=1S/C31H44N4O8/c1-39-24-12-18(13-25(40-2)30(24)37)27-19-14-22-23(43-17-42-22)15-20(19)29(21-16-41-31(38)28(21)27)35-26(36)6-11-34-10-5-9-33-8-4-3-7-32/h12-15,21,27-29,31,33-34,37-38H,3-11,16-17,32H2,1-2H3,(H,35,36)/t21-,27+,28-,29+,31?/m0/s1. The largest absolute Gasteiger partial charge is 0.502 e. The molecule has 5 rings (SSSR count). The number of rotatable bonds is 15. The summed E-state index contributed by atoms with van der Waals surface area (Å²) >= 11 is 0. The van der Waals surface area contributed by atoms with Crippen LogP contribution in [0.1, 0.15) is 54.3 Å². The Morgan fingerprint density at radius 1 is 0.953 bits per heavy atom. The molecule has 0 radical (unpaired) electrons. The van der Waals surface area contributed by atoms with Gasteiger partial charge in [0.05, 0.1) is 26.9 Å². The number of amides is 1. The summed E-state index contributed by atoms with van der Waals surface area (Å²) in [7, 11) is 2.95. The maximum atomic E-state index is 13.2. The maximum absolute atomic E-state index is 13.2. The van der Waals surface area contributed by atoms with Gasteiger partial charge in [0, 0.05) is 30.7 Å². The highest BCUT2D eigenvalue weighted by atomic mass is 16.7. The van der Waals surface area contributed by atoms with Crippen molar-refractivity contribution in [3.8, 4) is 28.7 Å². The van der Waals surface area contributed by atoms with Gasteiger partial charge in [0.15, 0.2) is 29.3 Å². The molecule has 12 nitrogen and oxygen atoms in total. The van der Waals surface area contributed by atoms with Crippen LogP contribution in [0.2, 0.25) is 0 Å². The molecule has 1 fully saturated rings. The van der Waals surface area contributed by atoms with Crippen LogP contribution in [-0.4, -0.2) is 82.8 Å². The van der Waals surface area contributed by atoms with Crippen molar-refractivity contribution in [2.45, 2.75) is 43.9 Å². The van der Waals surface area contributed by atoms with Crippen molar-refractivity contribution in [1.29, 1.82) is 0 Å². The molecule has 0 bridgehead atoms. The maximum Gasteiger partial charge on any atom is 0.231 e. The van der Waals surface area contributed by atoms with Crippen molar-refractivity contribution in [3.63, 3.8) is 0 Å². The van der Waals surface area contributed by atoms with Crippen LogP contribution in [0.15, 0.2) is 24.3 Å². The van der Waals surface area contributed by atoms with Crippen LogP contribution in [0.4, 0.5) is 0 Å². The van der Waals surface area contributed by atoms with Gasteiger partial charge in [0.1, 0.15) is 0 Å². The molecule has 1 saturated heterocycles. The lowest BCUT2D eigenvalue weighted by atomic mass is 9.65. The number of nitrogens with two attached hydrogens (primary N) is 1. The quantitative estimate of drug-likeness (QED) is 0.165. The predicted molar refractivity (Wildman–Crippen MR) is 159 cm³/mol. The van der Waals surface area contributed by atoms with Crippen molar-refractivity contribution in [3.05, 3.63) is 41.0 Å². The van der Waals surface area contributed by atoms with Gasteiger partial charge >= 0.3 is 0 Å². The highest BCUT2D eigenvalue weighted by Crippen LogP contribution is 2.56. The van der Waals surface area contributed by atoms with Crippen molar-refractivity contribution in [1.82, 2.24) is 16.0 Å². The Balaban J connectivity index is 1.34. The minimum atomic E-state index is -1.07. The van der Waals surface area contributed by atoms with Crippen LogP contribution in [0, 0.1) is 11.8 Å². The molecule has 12 heteroatoms. The molecule has 5 atom stereocenters. The molecule has 0 aromatic heterocycles. The number of ether oxygens (including phenoxy) is 5. The van der Waals surface area contributed by atoms with E-state index in [1.54, 1.807) is 12.1 Å². The number of fused-ring (bicyclic) bond motifs is 3. The van der Waals surface area contributed by atoms with E-state index in [-0.39, 0.29) is 48.4 Å². The first-order chi connectivity index (χ1) is 21.0. The number of hydrogen-bond donors (Lipinski definition) is 6. The zero-order chi connectivity index (χ0) is 30.3. The number of carbonyl (C=O) groups is 1. The summed E-state index contributed by atoms with van der Waals surface area (Å²) in [5.41, 5.74) is 8.04. The van der Waals surface area contributed by atoms with E-state index in [0.29, 0.717) is 24.5 Å². The molecule has 0 spiro atoms. The molecular formula is C31H44N4O8. The van der Waals surface area contributed by atoms with Crippen molar-refractivity contribution < 1.29 is 38.7 Å². The number of aliphatic hydroxyl groups excluding tert-OH is 1. The second-order valence-electron chi connectivity index (χ2n) is 11.2. The van der Waals surface area contributed by atoms with Gasteiger partial charge in [0.25, 0.3) is 0 Å². The Hall–Kier alpha value is -3.29. The van der Waals surface area contributed by atoms with Gasteiger partial charge in [0.2, 0.25) is 18.4 Å². The molecule has 236 valence electrons. The predicted octanol–water partition coefficient (Wildman–Crippen LogP) is 1.72. The van der Waals surface area contributed by atoms with Gasteiger partial charge in [-0.25, -0.2) is 0 Å². The average Bonchev–Trinajstić information content (AvgIpc) is 3.63. The number of aliphatic hydroxyl groups is 1. The van der Waals surface area contributed by atoms with Gasteiger partial charge in [-0.3, -0.25) is 4.79 Å². The van der Waals surface area contributed by atoms with Crippen molar-refractivity contribution in [2.24, 2.45) is 17.6 Å². The lowest BCUT2D eigenvalue weighted by molar-refractivity contribution is -0.122. The van der Waals surface area contributed by atoms with Gasteiger partial charge in [-0.05, 0) is 86.4 Å². The molecule has 3 aliphatic rings. The van der Waals surface area contributed by atoms with Crippen LogP contribution in [0.25, 0.3) is 0 Å². The third kappa shape index (κ3) is 6.78. The number of methoxy groups -OCH3 is 2. The summed E-state index contributed by atoms with van der Waals surface area (Å²) in [5.74, 6) is 0.534. The van der Waals surface area contributed by atoms with E-state index in [1.165, 1.54) is 14.2 Å². The molecule has 1 unspecified atom stereocenters. The van der Waals surface area contributed by atoms with Crippen LogP contribution in [0.3, 0.4) is 0 Å². The van der Waals surface area contributed by atoms with E-state index in [9.17, 15) is 15.0 Å². The first kappa shape index (κ1) is 31.1. The number of carbonyl (C=O) groups excluding carboxylic acids is 1. The fourth-order valence-electron chi connectivity index (χ4n) is 6.43. The molecule has 2 aliphatic heterocycles. The number of unbranched alkanes of at least 4 members (excludes halogenated alkanes) is 1. The molecular weight excluding hydrogens is 556 g/mol. The Morgan fingerprint density at radius 3 is 2.28 bits per heavy atom. The van der Waals surface area contributed by atoms with E-state index in [0.717, 1.165) is 62.1 Å². The SMILES string of the molecule is COc1cc([C@@H]2c3cc4c(cc3[C@@H](NC(=O)CCNCCCNCCCCN)[C@H]3COC(O)[C@H]23)OCO4)cc(OC)c1O. The lowest BCUT2D eigenvalue weighted by Gasteiger charge is -2.41.